The number of carbonyl (C=O) groups excluding carboxylic acids is 1. The van der Waals surface area contributed by atoms with E-state index in [0.29, 0.717) is 13.2 Å². The molecule has 0 rings (SSSR count). The molecule has 0 aromatic heterocycles. The van der Waals surface area contributed by atoms with Crippen LogP contribution in [-0.4, -0.2) is 19.4 Å². The first-order chi connectivity index (χ1) is 13.3. The third kappa shape index (κ3) is 23.0. The third-order valence-electron chi connectivity index (χ3n) is 4.84. The first kappa shape index (κ1) is 26.0. The average Bonchev–Trinajstić information content (AvgIpc) is 2.67. The van der Waals surface area contributed by atoms with Crippen molar-refractivity contribution < 1.29 is 14.3 Å². The smallest absolute Gasteiger partial charge is 0.434 e. The summed E-state index contributed by atoms with van der Waals surface area (Å²) in [5, 5.41) is 0. The van der Waals surface area contributed by atoms with Crippen LogP contribution in [0, 0.1) is 0 Å². The molecule has 3 heteroatoms. The summed E-state index contributed by atoms with van der Waals surface area (Å²) in [5.74, 6) is 0. The van der Waals surface area contributed by atoms with Gasteiger partial charge in [0.1, 0.15) is 0 Å². The lowest BCUT2D eigenvalue weighted by molar-refractivity contribution is 0.0530. The van der Waals surface area contributed by atoms with Gasteiger partial charge in [-0.3, -0.25) is 0 Å². The minimum absolute atomic E-state index is 0.486. The molecule has 0 N–H and O–H groups in total. The Labute approximate surface area is 169 Å². The van der Waals surface area contributed by atoms with Crippen LogP contribution >= 0.6 is 0 Å². The van der Waals surface area contributed by atoms with Gasteiger partial charge in [0.05, 0.1) is 13.2 Å². The Morgan fingerprint density at radius 2 is 0.926 bits per heavy atom. The van der Waals surface area contributed by atoms with Crippen LogP contribution in [0.4, 0.5) is 4.79 Å². The monoisotopic (exact) mass is 382 g/mol. The van der Waals surface area contributed by atoms with E-state index in [1.165, 1.54) is 77.0 Å². The fraction of sp³-hybridized carbons (Fsp3) is 0.875. The number of carbonyl (C=O) groups is 1. The summed E-state index contributed by atoms with van der Waals surface area (Å²) in [6.07, 6.45) is 25.4. The predicted molar refractivity (Wildman–Crippen MR) is 116 cm³/mol. The summed E-state index contributed by atoms with van der Waals surface area (Å²) in [4.78, 5) is 11.3. The van der Waals surface area contributed by atoms with Crippen molar-refractivity contribution in [2.45, 2.75) is 123 Å². The molecule has 0 saturated heterocycles. The van der Waals surface area contributed by atoms with Crippen molar-refractivity contribution in [3.05, 3.63) is 12.2 Å². The minimum atomic E-state index is -0.501. The molecule has 0 fully saturated rings. The second-order valence-corrected chi connectivity index (χ2v) is 7.59. The average molecular weight is 383 g/mol. The molecule has 160 valence electrons. The van der Waals surface area contributed by atoms with Gasteiger partial charge < -0.3 is 9.47 Å². The summed E-state index contributed by atoms with van der Waals surface area (Å²) in [5.41, 5.74) is 0. The Balaban J connectivity index is 3.16. The van der Waals surface area contributed by atoms with Crippen LogP contribution in [0.5, 0.6) is 0 Å². The van der Waals surface area contributed by atoms with Gasteiger partial charge in [-0.1, -0.05) is 96.6 Å². The van der Waals surface area contributed by atoms with E-state index in [-0.39, 0.29) is 0 Å². The fourth-order valence-electron chi connectivity index (χ4n) is 3.05. The van der Waals surface area contributed by atoms with E-state index in [9.17, 15) is 4.79 Å². The maximum atomic E-state index is 11.3. The van der Waals surface area contributed by atoms with Gasteiger partial charge in [0, 0.05) is 0 Å². The molecule has 0 aromatic rings. The van der Waals surface area contributed by atoms with Crippen LogP contribution < -0.4 is 0 Å². The van der Waals surface area contributed by atoms with E-state index in [0.717, 1.165) is 32.1 Å². The molecule has 0 heterocycles. The molecular weight excluding hydrogens is 336 g/mol. The highest BCUT2D eigenvalue weighted by Gasteiger charge is 2.02. The molecule has 0 bridgehead atoms. The van der Waals surface area contributed by atoms with E-state index >= 15 is 0 Å². The number of hydrogen-bond donors (Lipinski definition) is 0. The molecule has 0 aromatic carbocycles. The van der Waals surface area contributed by atoms with Crippen molar-refractivity contribution >= 4 is 6.16 Å². The summed E-state index contributed by atoms with van der Waals surface area (Å²) < 4.78 is 10.1. The van der Waals surface area contributed by atoms with Gasteiger partial charge in [0.15, 0.2) is 0 Å². The number of unbranched alkanes of at least 4 members (excludes halogenated alkanes) is 14. The lowest BCUT2D eigenvalue weighted by Gasteiger charge is -2.06. The standard InChI is InChI=1S/C24H46O3/c1-3-5-7-8-9-10-11-12-13-14-15-16-17-18-19-21-23-27-24(25)26-22-20-6-4-2/h12-13H,3-11,14-23H2,1-2H3/b13-12-. The topological polar surface area (TPSA) is 35.5 Å². The molecule has 0 amide bonds. The van der Waals surface area contributed by atoms with E-state index < -0.39 is 6.16 Å². The van der Waals surface area contributed by atoms with E-state index in [1.54, 1.807) is 0 Å². The number of allylic oxidation sites excluding steroid dienone is 2. The second kappa shape index (κ2) is 23.0. The van der Waals surface area contributed by atoms with Gasteiger partial charge in [0.25, 0.3) is 0 Å². The second-order valence-electron chi connectivity index (χ2n) is 7.59. The highest BCUT2D eigenvalue weighted by molar-refractivity contribution is 5.59. The van der Waals surface area contributed by atoms with Crippen LogP contribution in [0.1, 0.15) is 123 Å². The maximum Gasteiger partial charge on any atom is 0.508 e. The van der Waals surface area contributed by atoms with Crippen LogP contribution in [0.15, 0.2) is 12.2 Å². The van der Waals surface area contributed by atoms with Gasteiger partial charge in [-0.25, -0.2) is 4.79 Å². The first-order valence-electron chi connectivity index (χ1n) is 11.8. The van der Waals surface area contributed by atoms with Crippen molar-refractivity contribution in [2.75, 3.05) is 13.2 Å². The molecule has 0 spiro atoms. The highest BCUT2D eigenvalue weighted by atomic mass is 16.7. The van der Waals surface area contributed by atoms with Crippen LogP contribution in [0.25, 0.3) is 0 Å². The van der Waals surface area contributed by atoms with Gasteiger partial charge in [-0.05, 0) is 38.5 Å². The largest absolute Gasteiger partial charge is 0.508 e. The zero-order valence-corrected chi connectivity index (χ0v) is 18.3. The molecule has 0 aliphatic heterocycles. The molecule has 0 aliphatic carbocycles. The van der Waals surface area contributed by atoms with E-state index in [1.807, 2.05) is 0 Å². The zero-order valence-electron chi connectivity index (χ0n) is 18.3. The highest BCUT2D eigenvalue weighted by Crippen LogP contribution is 2.10. The SMILES string of the molecule is CCCCCCCC/C=C\CCCCCCCCOC(=O)OCCCCC. The van der Waals surface area contributed by atoms with Crippen molar-refractivity contribution in [1.29, 1.82) is 0 Å². The molecule has 0 radical (unpaired) electrons. The predicted octanol–water partition coefficient (Wildman–Crippen LogP) is 8.37. The summed E-state index contributed by atoms with van der Waals surface area (Å²) >= 11 is 0. The molecule has 27 heavy (non-hydrogen) atoms. The van der Waals surface area contributed by atoms with Crippen LogP contribution in [-0.2, 0) is 9.47 Å². The molecular formula is C24H46O3. The molecule has 0 unspecified atom stereocenters. The van der Waals surface area contributed by atoms with Crippen molar-refractivity contribution in [1.82, 2.24) is 0 Å². The van der Waals surface area contributed by atoms with Crippen LogP contribution in [0.3, 0.4) is 0 Å². The van der Waals surface area contributed by atoms with E-state index in [2.05, 4.69) is 26.0 Å². The third-order valence-corrected chi connectivity index (χ3v) is 4.84. The van der Waals surface area contributed by atoms with Gasteiger partial charge in [-0.15, -0.1) is 0 Å². The van der Waals surface area contributed by atoms with Gasteiger partial charge >= 0.3 is 6.16 Å². The quantitative estimate of drug-likeness (QED) is 0.120. The molecule has 0 aliphatic rings. The number of hydrogen-bond acceptors (Lipinski definition) is 3. The van der Waals surface area contributed by atoms with Crippen molar-refractivity contribution in [3.63, 3.8) is 0 Å². The Morgan fingerprint density at radius 1 is 0.556 bits per heavy atom. The zero-order chi connectivity index (χ0) is 19.8. The number of ether oxygens (including phenoxy) is 2. The Morgan fingerprint density at radius 3 is 1.44 bits per heavy atom. The first-order valence-corrected chi connectivity index (χ1v) is 11.8. The Kier molecular flexibility index (Phi) is 22.2. The minimum Gasteiger partial charge on any atom is -0.434 e. The van der Waals surface area contributed by atoms with Crippen molar-refractivity contribution in [2.24, 2.45) is 0 Å². The van der Waals surface area contributed by atoms with E-state index in [4.69, 9.17) is 9.47 Å². The molecule has 0 atom stereocenters. The Bertz CT molecular complexity index is 326. The normalized spacial score (nSPS) is 11.2. The lowest BCUT2D eigenvalue weighted by atomic mass is 10.1. The van der Waals surface area contributed by atoms with Gasteiger partial charge in [-0.2, -0.15) is 0 Å². The Hall–Kier alpha value is -0.990. The summed E-state index contributed by atoms with van der Waals surface area (Å²) in [6.45, 7) is 5.38. The summed E-state index contributed by atoms with van der Waals surface area (Å²) in [6, 6.07) is 0. The number of rotatable bonds is 20. The molecule has 0 saturated carbocycles. The van der Waals surface area contributed by atoms with Gasteiger partial charge in [0.2, 0.25) is 0 Å². The molecule has 3 nitrogen and oxygen atoms in total. The van der Waals surface area contributed by atoms with Crippen LogP contribution in [0.2, 0.25) is 0 Å². The maximum absolute atomic E-state index is 11.3. The van der Waals surface area contributed by atoms with Crippen molar-refractivity contribution in [3.8, 4) is 0 Å². The fourth-order valence-corrected chi connectivity index (χ4v) is 3.05. The lowest BCUT2D eigenvalue weighted by Crippen LogP contribution is -2.09. The summed E-state index contributed by atoms with van der Waals surface area (Å²) in [7, 11) is 0.